The number of halogens is 6. The molecule has 0 saturated heterocycles. The fourth-order valence-electron chi connectivity index (χ4n) is 5.25. The van der Waals surface area contributed by atoms with Crippen LogP contribution < -0.4 is 10.4 Å². The van der Waals surface area contributed by atoms with Crippen LogP contribution in [0.1, 0.15) is 48.7 Å². The molecule has 1 N–H and O–H groups in total. The third-order valence-electron chi connectivity index (χ3n) is 7.52. The van der Waals surface area contributed by atoms with Crippen LogP contribution in [0.3, 0.4) is 0 Å². The molecule has 1 aromatic carbocycles. The quantitative estimate of drug-likeness (QED) is 0.237. The van der Waals surface area contributed by atoms with Gasteiger partial charge in [-0.2, -0.15) is 26.3 Å². The Hall–Kier alpha value is -4.76. The molecule has 6 rings (SSSR count). The van der Waals surface area contributed by atoms with E-state index in [4.69, 9.17) is 10.1 Å². The van der Waals surface area contributed by atoms with E-state index in [-0.39, 0.29) is 34.6 Å². The lowest BCUT2D eigenvalue weighted by Crippen LogP contribution is -2.31. The summed E-state index contributed by atoms with van der Waals surface area (Å²) in [6.07, 6.45) is -3.92. The van der Waals surface area contributed by atoms with Crippen molar-refractivity contribution in [3.63, 3.8) is 0 Å². The van der Waals surface area contributed by atoms with Gasteiger partial charge in [-0.15, -0.1) is 0 Å². The van der Waals surface area contributed by atoms with Gasteiger partial charge in [0.25, 0.3) is 0 Å². The van der Waals surface area contributed by atoms with Gasteiger partial charge in [0.2, 0.25) is 11.5 Å². The Morgan fingerprint density at radius 2 is 1.73 bits per heavy atom. The molecule has 1 aliphatic carbocycles. The lowest BCUT2D eigenvalue weighted by molar-refractivity contribution is -0.141. The van der Waals surface area contributed by atoms with E-state index in [1.807, 2.05) is 0 Å². The molecule has 1 aliphatic rings. The maximum absolute atomic E-state index is 13.6. The van der Waals surface area contributed by atoms with Crippen molar-refractivity contribution in [3.8, 4) is 28.7 Å². The summed E-state index contributed by atoms with van der Waals surface area (Å²) in [5.74, 6) is 0.612. The summed E-state index contributed by atoms with van der Waals surface area (Å²) in [5.41, 5.74) is 0.675. The lowest BCUT2D eigenvalue weighted by Gasteiger charge is -2.16. The van der Waals surface area contributed by atoms with Crippen LogP contribution in [-0.2, 0) is 19.8 Å². The normalized spacial score (nSPS) is 14.8. The van der Waals surface area contributed by atoms with Crippen LogP contribution in [0.2, 0.25) is 0 Å². The summed E-state index contributed by atoms with van der Waals surface area (Å²) >= 11 is 0. The van der Waals surface area contributed by atoms with Gasteiger partial charge in [0.05, 0.1) is 25.0 Å². The van der Waals surface area contributed by atoms with Crippen LogP contribution in [0.15, 0.2) is 43.0 Å². The largest absolute Gasteiger partial charge is 0.480 e. The monoisotopic (exact) mass is 617 g/mol. The SMILES string of the molecule is COc1ncnc(C2CC2)c1-c1ncc2c(n1)n([C@H](C)c1ccc(-c3nc(C(F)(F)F)cn3C)cc1)c(=N)n2CC(F)(F)F. The molecule has 16 heteroatoms. The number of rotatable bonds is 7. The Kier molecular flexibility index (Phi) is 6.96. The molecular formula is C28H25F6N9O. The number of ether oxygens (including phenoxy) is 1. The minimum atomic E-state index is -4.63. The van der Waals surface area contributed by atoms with Gasteiger partial charge < -0.3 is 9.30 Å². The van der Waals surface area contributed by atoms with Crippen molar-refractivity contribution in [1.82, 2.24) is 38.6 Å². The Morgan fingerprint density at radius 3 is 2.32 bits per heavy atom. The van der Waals surface area contributed by atoms with Crippen LogP contribution in [0.4, 0.5) is 26.3 Å². The third kappa shape index (κ3) is 5.28. The summed E-state index contributed by atoms with van der Waals surface area (Å²) < 4.78 is 89.3. The summed E-state index contributed by atoms with van der Waals surface area (Å²) in [6, 6.07) is 5.69. The molecule has 5 aromatic rings. The van der Waals surface area contributed by atoms with Gasteiger partial charge in [0.15, 0.2) is 17.2 Å². The van der Waals surface area contributed by atoms with Crippen LogP contribution in [-0.4, -0.2) is 51.9 Å². The van der Waals surface area contributed by atoms with Crippen molar-refractivity contribution in [2.45, 2.75) is 50.6 Å². The van der Waals surface area contributed by atoms with E-state index in [1.165, 1.54) is 35.8 Å². The minimum absolute atomic E-state index is 0.00368. The highest BCUT2D eigenvalue weighted by Crippen LogP contribution is 2.45. The number of nitrogens with zero attached hydrogens (tertiary/aromatic N) is 8. The predicted molar refractivity (Wildman–Crippen MR) is 144 cm³/mol. The first-order valence-electron chi connectivity index (χ1n) is 13.5. The minimum Gasteiger partial charge on any atom is -0.480 e. The highest BCUT2D eigenvalue weighted by atomic mass is 19.4. The first kappa shape index (κ1) is 29.3. The molecule has 1 atom stereocenters. The second kappa shape index (κ2) is 10.4. The van der Waals surface area contributed by atoms with E-state index in [0.29, 0.717) is 22.4 Å². The average Bonchev–Trinajstić information content (AvgIpc) is 3.69. The molecule has 0 aliphatic heterocycles. The van der Waals surface area contributed by atoms with Gasteiger partial charge in [0.1, 0.15) is 29.8 Å². The van der Waals surface area contributed by atoms with Crippen LogP contribution in [0.25, 0.3) is 33.9 Å². The van der Waals surface area contributed by atoms with Crippen molar-refractivity contribution < 1.29 is 31.1 Å². The molecule has 0 bridgehead atoms. The molecule has 1 saturated carbocycles. The average molecular weight is 618 g/mol. The molecule has 4 aromatic heterocycles. The summed E-state index contributed by atoms with van der Waals surface area (Å²) in [7, 11) is 2.88. The molecule has 10 nitrogen and oxygen atoms in total. The van der Waals surface area contributed by atoms with Crippen molar-refractivity contribution in [1.29, 1.82) is 5.41 Å². The molecule has 44 heavy (non-hydrogen) atoms. The zero-order valence-corrected chi connectivity index (χ0v) is 23.6. The van der Waals surface area contributed by atoms with Gasteiger partial charge in [-0.3, -0.25) is 14.5 Å². The second-order valence-corrected chi connectivity index (χ2v) is 10.6. The number of fused-ring (bicyclic) bond motifs is 1. The highest BCUT2D eigenvalue weighted by Gasteiger charge is 2.35. The second-order valence-electron chi connectivity index (χ2n) is 10.6. The standard InChI is InChI=1S/C28H25F6N9O/c1-14(15-4-8-17(9-5-15)23-39-19(11-41(23)2)28(32,33)34)43-24-18(42(26(43)35)12-27(29,30)31)10-36-22(40-24)20-21(16-6-7-16)37-13-38-25(20)44-3/h4-5,8-11,13-14,16,35H,6-7,12H2,1-3H3/t14-/m1/s1. The molecular weight excluding hydrogens is 592 g/mol. The van der Waals surface area contributed by atoms with Gasteiger partial charge in [-0.1, -0.05) is 24.3 Å². The lowest BCUT2D eigenvalue weighted by atomic mass is 10.1. The number of hydrogen-bond donors (Lipinski definition) is 1. The van der Waals surface area contributed by atoms with E-state index in [1.54, 1.807) is 31.2 Å². The number of methoxy groups -OCH3 is 1. The van der Waals surface area contributed by atoms with Gasteiger partial charge in [-0.05, 0) is 25.3 Å². The van der Waals surface area contributed by atoms with Crippen LogP contribution in [0, 0.1) is 5.41 Å². The Morgan fingerprint density at radius 1 is 1.02 bits per heavy atom. The number of aromatic nitrogens is 8. The smallest absolute Gasteiger partial charge is 0.434 e. The van der Waals surface area contributed by atoms with Crippen molar-refractivity contribution >= 4 is 11.2 Å². The molecule has 1 fully saturated rings. The summed E-state index contributed by atoms with van der Waals surface area (Å²) in [6.45, 7) is 0.256. The molecule has 0 unspecified atom stereocenters. The molecule has 0 amide bonds. The number of aryl methyl sites for hydroxylation is 1. The Bertz CT molecular complexity index is 1920. The first-order valence-corrected chi connectivity index (χ1v) is 13.5. The van der Waals surface area contributed by atoms with Crippen molar-refractivity contribution in [2.24, 2.45) is 7.05 Å². The van der Waals surface area contributed by atoms with Crippen LogP contribution in [0.5, 0.6) is 5.88 Å². The van der Waals surface area contributed by atoms with E-state index < -0.39 is 36.3 Å². The van der Waals surface area contributed by atoms with E-state index >= 15 is 0 Å². The summed E-state index contributed by atoms with van der Waals surface area (Å²) in [4.78, 5) is 21.3. The van der Waals surface area contributed by atoms with Crippen molar-refractivity contribution in [2.75, 3.05) is 7.11 Å². The fourth-order valence-corrected chi connectivity index (χ4v) is 5.25. The van der Waals surface area contributed by atoms with Crippen LogP contribution >= 0.6 is 0 Å². The third-order valence-corrected chi connectivity index (χ3v) is 7.52. The summed E-state index contributed by atoms with van der Waals surface area (Å²) in [5, 5.41) is 8.76. The van der Waals surface area contributed by atoms with E-state index in [2.05, 4.69) is 24.9 Å². The zero-order valence-electron chi connectivity index (χ0n) is 23.6. The number of nitrogens with one attached hydrogen (secondary N) is 1. The van der Waals surface area contributed by atoms with Gasteiger partial charge in [-0.25, -0.2) is 24.9 Å². The molecule has 4 heterocycles. The van der Waals surface area contributed by atoms with Crippen molar-refractivity contribution in [3.05, 3.63) is 65.6 Å². The Balaban J connectivity index is 1.47. The van der Waals surface area contributed by atoms with Gasteiger partial charge in [0, 0.05) is 24.7 Å². The maximum Gasteiger partial charge on any atom is 0.434 e. The molecule has 230 valence electrons. The first-order chi connectivity index (χ1) is 20.8. The zero-order chi connectivity index (χ0) is 31.6. The van der Waals surface area contributed by atoms with E-state index in [9.17, 15) is 26.3 Å². The molecule has 0 spiro atoms. The predicted octanol–water partition coefficient (Wildman–Crippen LogP) is 5.65. The highest BCUT2D eigenvalue weighted by molar-refractivity contribution is 5.76. The number of imidazole rings is 2. The Labute approximate surface area is 245 Å². The fraction of sp³-hybridized carbons (Fsp3) is 0.357. The van der Waals surface area contributed by atoms with E-state index in [0.717, 1.165) is 23.6 Å². The maximum atomic E-state index is 13.6. The topological polar surface area (TPSA) is 112 Å². The number of alkyl halides is 6. The number of benzene rings is 1. The molecule has 0 radical (unpaired) electrons. The number of hydrogen-bond acceptors (Lipinski definition) is 7. The van der Waals surface area contributed by atoms with Gasteiger partial charge >= 0.3 is 12.4 Å².